The van der Waals surface area contributed by atoms with Crippen molar-refractivity contribution in [2.24, 2.45) is 4.85 Å². The Morgan fingerprint density at radius 1 is 1.83 bits per heavy atom. The van der Waals surface area contributed by atoms with Gasteiger partial charge in [-0.15, -0.1) is 0 Å². The van der Waals surface area contributed by atoms with Crippen LogP contribution in [-0.2, 0) is 13.8 Å². The summed E-state index contributed by atoms with van der Waals surface area (Å²) in [5.41, 5.74) is 0. The van der Waals surface area contributed by atoms with Crippen molar-refractivity contribution in [3.63, 3.8) is 0 Å². The largest absolute Gasteiger partial charge is 0.373 e. The first-order chi connectivity index (χ1) is 5.86. The maximum absolute atomic E-state index is 9.97. The summed E-state index contributed by atoms with van der Waals surface area (Å²) < 4.78 is 20.0. The molecule has 0 bridgehead atoms. The van der Waals surface area contributed by atoms with Gasteiger partial charge in [0.15, 0.2) is 0 Å². The molecule has 7 heteroatoms. The molecule has 1 aliphatic rings. The Balaban J connectivity index is 2.25. The number of nitrogens with zero attached hydrogens (tertiary/aromatic N) is 2. The standard InChI is InChI=1S/C5H10N2O3P2/c8-12-10-4-5-3-7(6-11)1-2-9-5/h5,11H,1-4H2/t5-/m1/s1. The summed E-state index contributed by atoms with van der Waals surface area (Å²) in [7, 11) is 2.74. The summed E-state index contributed by atoms with van der Waals surface area (Å²) in [5, 5.41) is 1.83. The van der Waals surface area contributed by atoms with Crippen LogP contribution in [0.15, 0.2) is 4.85 Å². The molecule has 0 amide bonds. The van der Waals surface area contributed by atoms with Crippen LogP contribution in [0, 0.1) is 0 Å². The van der Waals surface area contributed by atoms with Gasteiger partial charge < -0.3 is 4.74 Å². The normalized spacial score (nSPS) is 25.8. The minimum absolute atomic E-state index is 0.0414. The number of ether oxygens (including phenoxy) is 1. The van der Waals surface area contributed by atoms with Crippen molar-refractivity contribution in [1.82, 2.24) is 5.01 Å². The molecule has 0 aromatic heterocycles. The SMILES string of the molecule is O=POC[C@H]1CN(N=P)CCO1. The molecule has 68 valence electrons. The minimum atomic E-state index is -0.302. The molecule has 0 spiro atoms. The average molecular weight is 208 g/mol. The summed E-state index contributed by atoms with van der Waals surface area (Å²) >= 11 is 0. The third-order valence-electron chi connectivity index (χ3n) is 1.57. The van der Waals surface area contributed by atoms with Gasteiger partial charge >= 0.3 is 8.69 Å². The molecule has 1 saturated heterocycles. The lowest BCUT2D eigenvalue weighted by atomic mass is 10.3. The van der Waals surface area contributed by atoms with Crippen molar-refractivity contribution in [2.75, 3.05) is 26.3 Å². The zero-order valence-electron chi connectivity index (χ0n) is 6.47. The fourth-order valence-corrected chi connectivity index (χ4v) is 1.42. The molecular formula is C5H10N2O3P2. The van der Waals surface area contributed by atoms with Crippen LogP contribution in [0.1, 0.15) is 0 Å². The summed E-state index contributed by atoms with van der Waals surface area (Å²) in [6.07, 6.45) is -0.0414. The Labute approximate surface area is 74.6 Å². The summed E-state index contributed by atoms with van der Waals surface area (Å²) in [4.78, 5) is 3.83. The first-order valence-corrected chi connectivity index (χ1v) is 4.73. The van der Waals surface area contributed by atoms with Gasteiger partial charge in [-0.05, 0) is 0 Å². The van der Waals surface area contributed by atoms with Gasteiger partial charge in [0, 0.05) is 22.1 Å². The van der Waals surface area contributed by atoms with E-state index in [4.69, 9.17) is 4.74 Å². The molecule has 0 aromatic carbocycles. The second kappa shape index (κ2) is 5.68. The fraction of sp³-hybridized carbons (Fsp3) is 1.00. The van der Waals surface area contributed by atoms with E-state index in [1.807, 2.05) is 5.01 Å². The zero-order chi connectivity index (χ0) is 8.81. The van der Waals surface area contributed by atoms with Crippen LogP contribution in [0.3, 0.4) is 0 Å². The summed E-state index contributed by atoms with van der Waals surface area (Å²) in [5.74, 6) is 0. The molecule has 0 saturated carbocycles. The Kier molecular flexibility index (Phi) is 4.81. The Hall–Kier alpha value is 0.0800. The number of morpholine rings is 1. The number of rotatable bonds is 4. The highest BCUT2D eigenvalue weighted by Gasteiger charge is 2.19. The first kappa shape index (κ1) is 10.2. The Morgan fingerprint density at radius 2 is 2.67 bits per heavy atom. The molecule has 0 aliphatic carbocycles. The van der Waals surface area contributed by atoms with E-state index in [0.717, 1.165) is 6.54 Å². The molecule has 0 aromatic rings. The van der Waals surface area contributed by atoms with Crippen LogP contribution in [0.25, 0.3) is 0 Å². The molecule has 1 aliphatic heterocycles. The van der Waals surface area contributed by atoms with Gasteiger partial charge in [0.1, 0.15) is 0 Å². The lowest BCUT2D eigenvalue weighted by molar-refractivity contribution is -0.0447. The molecule has 12 heavy (non-hydrogen) atoms. The van der Waals surface area contributed by atoms with Crippen molar-refractivity contribution < 1.29 is 13.8 Å². The van der Waals surface area contributed by atoms with Crippen LogP contribution in [0.2, 0.25) is 0 Å². The average Bonchev–Trinajstić information content (AvgIpc) is 2.15. The highest BCUT2D eigenvalue weighted by atomic mass is 31.1. The Morgan fingerprint density at radius 3 is 3.33 bits per heavy atom. The fourth-order valence-electron chi connectivity index (χ4n) is 1.01. The van der Waals surface area contributed by atoms with Gasteiger partial charge in [0.05, 0.1) is 19.3 Å². The van der Waals surface area contributed by atoms with E-state index in [9.17, 15) is 4.57 Å². The third-order valence-corrected chi connectivity index (χ3v) is 2.11. The number of hydrogen-bond acceptors (Lipinski definition) is 4. The molecular weight excluding hydrogens is 198 g/mol. The van der Waals surface area contributed by atoms with Gasteiger partial charge in [-0.3, -0.25) is 4.52 Å². The highest BCUT2D eigenvalue weighted by molar-refractivity contribution is 7.17. The minimum Gasteiger partial charge on any atom is -0.373 e. The molecule has 0 radical (unpaired) electrons. The lowest BCUT2D eigenvalue weighted by Gasteiger charge is -2.27. The topological polar surface area (TPSA) is 51.1 Å². The van der Waals surface area contributed by atoms with E-state index in [2.05, 4.69) is 18.4 Å². The van der Waals surface area contributed by atoms with Crippen molar-refractivity contribution in [2.45, 2.75) is 6.10 Å². The first-order valence-electron chi connectivity index (χ1n) is 3.55. The van der Waals surface area contributed by atoms with Crippen LogP contribution < -0.4 is 0 Å². The van der Waals surface area contributed by atoms with Crippen LogP contribution >= 0.6 is 17.7 Å². The van der Waals surface area contributed by atoms with Gasteiger partial charge in [0.2, 0.25) is 0 Å². The highest BCUT2D eigenvalue weighted by Crippen LogP contribution is 2.08. The van der Waals surface area contributed by atoms with Crippen molar-refractivity contribution >= 4 is 17.7 Å². The predicted octanol–water partition coefficient (Wildman–Crippen LogP) is 1.15. The van der Waals surface area contributed by atoms with Gasteiger partial charge in [-0.2, -0.15) is 9.86 Å². The summed E-state index contributed by atoms with van der Waals surface area (Å²) in [6, 6.07) is 0. The molecule has 1 atom stereocenters. The van der Waals surface area contributed by atoms with E-state index < -0.39 is 0 Å². The van der Waals surface area contributed by atoms with Crippen LogP contribution in [0.4, 0.5) is 0 Å². The van der Waals surface area contributed by atoms with Gasteiger partial charge in [0.25, 0.3) is 0 Å². The molecule has 0 N–H and O–H groups in total. The number of hydrogen-bond donors (Lipinski definition) is 0. The van der Waals surface area contributed by atoms with E-state index in [1.165, 1.54) is 0 Å². The van der Waals surface area contributed by atoms with E-state index in [0.29, 0.717) is 19.8 Å². The van der Waals surface area contributed by atoms with Crippen molar-refractivity contribution in [3.05, 3.63) is 0 Å². The maximum Gasteiger partial charge on any atom is 0.327 e. The molecule has 1 fully saturated rings. The van der Waals surface area contributed by atoms with Crippen LogP contribution in [0.5, 0.6) is 0 Å². The zero-order valence-corrected chi connectivity index (χ0v) is 8.37. The van der Waals surface area contributed by atoms with Gasteiger partial charge in [-0.25, -0.2) is 4.57 Å². The third kappa shape index (κ3) is 3.21. The van der Waals surface area contributed by atoms with Crippen molar-refractivity contribution in [3.8, 4) is 0 Å². The van der Waals surface area contributed by atoms with Gasteiger partial charge in [-0.1, -0.05) is 0 Å². The van der Waals surface area contributed by atoms with Crippen LogP contribution in [-0.4, -0.2) is 37.4 Å². The van der Waals surface area contributed by atoms with E-state index in [-0.39, 0.29) is 14.8 Å². The maximum atomic E-state index is 9.97. The molecule has 1 heterocycles. The Bertz CT molecular complexity index is 169. The molecule has 5 nitrogen and oxygen atoms in total. The lowest BCUT2D eigenvalue weighted by Crippen LogP contribution is -2.40. The second-order valence-corrected chi connectivity index (χ2v) is 2.98. The van der Waals surface area contributed by atoms with Crippen molar-refractivity contribution in [1.29, 1.82) is 0 Å². The molecule has 1 rings (SSSR count). The predicted molar refractivity (Wildman–Crippen MR) is 45.6 cm³/mol. The smallest absolute Gasteiger partial charge is 0.327 e. The van der Waals surface area contributed by atoms with E-state index >= 15 is 0 Å². The molecule has 0 unspecified atom stereocenters. The monoisotopic (exact) mass is 208 g/mol. The quantitative estimate of drug-likeness (QED) is 0.650. The van der Waals surface area contributed by atoms with E-state index in [1.54, 1.807) is 0 Å². The summed E-state index contributed by atoms with van der Waals surface area (Å²) in [6.45, 7) is 2.40. The second-order valence-electron chi connectivity index (χ2n) is 2.38.